The molecule has 1 amide bonds. The third-order valence-electron chi connectivity index (χ3n) is 5.05. The monoisotopic (exact) mass is 341 g/mol. The molecular formula is C19H20FN3O2. The van der Waals surface area contributed by atoms with E-state index in [0.717, 1.165) is 18.7 Å². The number of aromatic nitrogens is 2. The zero-order valence-electron chi connectivity index (χ0n) is 14.3. The summed E-state index contributed by atoms with van der Waals surface area (Å²) in [5.74, 6) is 0.574. The Balaban J connectivity index is 1.64. The zero-order chi connectivity index (χ0) is 17.6. The van der Waals surface area contributed by atoms with Gasteiger partial charge in [-0.05, 0) is 32.8 Å². The Labute approximate surface area is 145 Å². The van der Waals surface area contributed by atoms with Crippen LogP contribution < -0.4 is 0 Å². The van der Waals surface area contributed by atoms with Gasteiger partial charge in [0.25, 0.3) is 5.91 Å². The van der Waals surface area contributed by atoms with Gasteiger partial charge in [0.1, 0.15) is 5.82 Å². The lowest BCUT2D eigenvalue weighted by atomic mass is 10.0. The summed E-state index contributed by atoms with van der Waals surface area (Å²) in [7, 11) is 0. The van der Waals surface area contributed by atoms with Crippen LogP contribution in [-0.4, -0.2) is 33.4 Å². The Morgan fingerprint density at radius 2 is 2.20 bits per heavy atom. The molecule has 5 nitrogen and oxygen atoms in total. The van der Waals surface area contributed by atoms with Crippen molar-refractivity contribution in [1.82, 2.24) is 14.5 Å². The van der Waals surface area contributed by atoms with Crippen molar-refractivity contribution in [2.45, 2.75) is 32.7 Å². The SMILES string of the molecule is Cc1c(C(=O)N2CCC[C@H](n3ccnc3C)C2)oc2c(F)cccc12. The Morgan fingerprint density at radius 3 is 2.92 bits per heavy atom. The lowest BCUT2D eigenvalue weighted by Gasteiger charge is -2.33. The largest absolute Gasteiger partial charge is 0.448 e. The normalized spacial score (nSPS) is 18.0. The topological polar surface area (TPSA) is 51.3 Å². The number of aryl methyl sites for hydroxylation is 2. The van der Waals surface area contributed by atoms with Gasteiger partial charge in [-0.1, -0.05) is 12.1 Å². The Bertz CT molecular complexity index is 943. The number of carbonyl (C=O) groups is 1. The van der Waals surface area contributed by atoms with E-state index in [1.807, 2.05) is 13.1 Å². The van der Waals surface area contributed by atoms with Gasteiger partial charge in [0.15, 0.2) is 17.2 Å². The van der Waals surface area contributed by atoms with Crippen molar-refractivity contribution < 1.29 is 13.6 Å². The number of nitrogens with zero attached hydrogens (tertiary/aromatic N) is 3. The van der Waals surface area contributed by atoms with Gasteiger partial charge in [0.2, 0.25) is 0 Å². The van der Waals surface area contributed by atoms with E-state index in [-0.39, 0.29) is 23.3 Å². The van der Waals surface area contributed by atoms with Gasteiger partial charge in [-0.15, -0.1) is 0 Å². The maximum atomic E-state index is 13.9. The summed E-state index contributed by atoms with van der Waals surface area (Å²) in [5.41, 5.74) is 0.850. The summed E-state index contributed by atoms with van der Waals surface area (Å²) in [4.78, 5) is 19.1. The molecule has 3 heterocycles. The minimum Gasteiger partial charge on any atom is -0.448 e. The molecule has 6 heteroatoms. The molecule has 1 aliphatic rings. The number of piperidine rings is 1. The fourth-order valence-corrected chi connectivity index (χ4v) is 3.70. The van der Waals surface area contributed by atoms with E-state index < -0.39 is 5.82 Å². The molecule has 1 aromatic carbocycles. The van der Waals surface area contributed by atoms with Crippen LogP contribution in [-0.2, 0) is 0 Å². The van der Waals surface area contributed by atoms with Crippen molar-refractivity contribution in [2.24, 2.45) is 0 Å². The summed E-state index contributed by atoms with van der Waals surface area (Å²) in [6.45, 7) is 5.06. The van der Waals surface area contributed by atoms with Crippen molar-refractivity contribution in [1.29, 1.82) is 0 Å². The van der Waals surface area contributed by atoms with Crippen molar-refractivity contribution in [2.75, 3.05) is 13.1 Å². The highest BCUT2D eigenvalue weighted by atomic mass is 19.1. The molecule has 0 bridgehead atoms. The maximum Gasteiger partial charge on any atom is 0.289 e. The van der Waals surface area contributed by atoms with Gasteiger partial charge < -0.3 is 13.9 Å². The van der Waals surface area contributed by atoms with Gasteiger partial charge in [0, 0.05) is 36.4 Å². The average molecular weight is 341 g/mol. The predicted octanol–water partition coefficient (Wildman–Crippen LogP) is 3.86. The Kier molecular flexibility index (Phi) is 3.82. The zero-order valence-corrected chi connectivity index (χ0v) is 14.3. The average Bonchev–Trinajstić information content (AvgIpc) is 3.19. The first-order valence-electron chi connectivity index (χ1n) is 8.52. The fraction of sp³-hybridized carbons (Fsp3) is 0.368. The van der Waals surface area contributed by atoms with Crippen LogP contribution in [0.4, 0.5) is 4.39 Å². The van der Waals surface area contributed by atoms with E-state index in [1.165, 1.54) is 6.07 Å². The first-order chi connectivity index (χ1) is 12.1. The van der Waals surface area contributed by atoms with E-state index in [0.29, 0.717) is 24.0 Å². The standard InChI is InChI=1S/C19H20FN3O2/c1-12-15-6-3-7-16(20)18(15)25-17(12)19(24)22-9-4-5-14(11-22)23-10-8-21-13(23)2/h3,6-8,10,14H,4-5,9,11H2,1-2H3/t14-/m0/s1. The molecule has 0 spiro atoms. The minimum absolute atomic E-state index is 0.155. The highest BCUT2D eigenvalue weighted by Gasteiger charge is 2.29. The number of carbonyl (C=O) groups excluding carboxylic acids is 1. The molecule has 1 aliphatic heterocycles. The number of amides is 1. The second-order valence-electron chi connectivity index (χ2n) is 6.60. The molecule has 1 fully saturated rings. The number of imidazole rings is 1. The van der Waals surface area contributed by atoms with E-state index in [9.17, 15) is 9.18 Å². The number of fused-ring (bicyclic) bond motifs is 1. The highest BCUT2D eigenvalue weighted by molar-refractivity contribution is 5.99. The number of hydrogen-bond acceptors (Lipinski definition) is 3. The summed E-state index contributed by atoms with van der Waals surface area (Å²) < 4.78 is 21.7. The van der Waals surface area contributed by atoms with Crippen LogP contribution in [0.25, 0.3) is 11.0 Å². The van der Waals surface area contributed by atoms with Crippen LogP contribution >= 0.6 is 0 Å². The van der Waals surface area contributed by atoms with Crippen molar-refractivity contribution in [3.8, 4) is 0 Å². The molecule has 130 valence electrons. The molecule has 1 atom stereocenters. The van der Waals surface area contributed by atoms with Gasteiger partial charge in [0.05, 0.1) is 6.04 Å². The molecule has 2 aromatic heterocycles. The smallest absolute Gasteiger partial charge is 0.289 e. The fourth-order valence-electron chi connectivity index (χ4n) is 3.70. The van der Waals surface area contributed by atoms with E-state index in [2.05, 4.69) is 9.55 Å². The Hall–Kier alpha value is -2.63. The van der Waals surface area contributed by atoms with E-state index in [1.54, 1.807) is 30.2 Å². The summed E-state index contributed by atoms with van der Waals surface area (Å²) in [6, 6.07) is 4.97. The molecule has 4 rings (SSSR count). The number of furan rings is 1. The van der Waals surface area contributed by atoms with Gasteiger partial charge in [-0.3, -0.25) is 4.79 Å². The van der Waals surface area contributed by atoms with Gasteiger partial charge >= 0.3 is 0 Å². The quantitative estimate of drug-likeness (QED) is 0.711. The van der Waals surface area contributed by atoms with Crippen LogP contribution in [0.1, 0.15) is 40.8 Å². The second kappa shape index (κ2) is 6.02. The second-order valence-corrected chi connectivity index (χ2v) is 6.60. The van der Waals surface area contributed by atoms with Crippen molar-refractivity contribution in [3.05, 3.63) is 53.6 Å². The number of rotatable bonds is 2. The third kappa shape index (κ3) is 2.62. The van der Waals surface area contributed by atoms with Crippen LogP contribution in [0.2, 0.25) is 0 Å². The molecule has 25 heavy (non-hydrogen) atoms. The van der Waals surface area contributed by atoms with Crippen molar-refractivity contribution in [3.63, 3.8) is 0 Å². The number of benzene rings is 1. The molecule has 3 aromatic rings. The predicted molar refractivity (Wildman–Crippen MR) is 92.0 cm³/mol. The molecule has 1 saturated heterocycles. The number of para-hydroxylation sites is 1. The summed E-state index contributed by atoms with van der Waals surface area (Å²) in [6.07, 6.45) is 5.66. The molecule has 0 radical (unpaired) electrons. The summed E-state index contributed by atoms with van der Waals surface area (Å²) in [5, 5.41) is 0.655. The maximum absolute atomic E-state index is 13.9. The van der Waals surface area contributed by atoms with Gasteiger partial charge in [-0.2, -0.15) is 0 Å². The third-order valence-corrected chi connectivity index (χ3v) is 5.05. The Morgan fingerprint density at radius 1 is 1.36 bits per heavy atom. The number of halogens is 1. The van der Waals surface area contributed by atoms with Crippen LogP contribution in [0.15, 0.2) is 35.0 Å². The molecule has 0 saturated carbocycles. The van der Waals surface area contributed by atoms with Crippen LogP contribution in [0.3, 0.4) is 0 Å². The van der Waals surface area contributed by atoms with Crippen LogP contribution in [0, 0.1) is 19.7 Å². The number of likely N-dealkylation sites (tertiary alicyclic amines) is 1. The first kappa shape index (κ1) is 15.9. The van der Waals surface area contributed by atoms with E-state index >= 15 is 0 Å². The molecule has 0 unspecified atom stereocenters. The lowest BCUT2D eigenvalue weighted by Crippen LogP contribution is -2.40. The lowest BCUT2D eigenvalue weighted by molar-refractivity contribution is 0.0647. The van der Waals surface area contributed by atoms with Crippen LogP contribution in [0.5, 0.6) is 0 Å². The minimum atomic E-state index is -0.440. The highest BCUT2D eigenvalue weighted by Crippen LogP contribution is 2.30. The van der Waals surface area contributed by atoms with Crippen molar-refractivity contribution >= 4 is 16.9 Å². The van der Waals surface area contributed by atoms with E-state index in [4.69, 9.17) is 4.42 Å². The van der Waals surface area contributed by atoms with Gasteiger partial charge in [-0.25, -0.2) is 9.37 Å². The first-order valence-corrected chi connectivity index (χ1v) is 8.52. The number of hydrogen-bond donors (Lipinski definition) is 0. The molecular weight excluding hydrogens is 321 g/mol. The molecule has 0 aliphatic carbocycles. The summed E-state index contributed by atoms with van der Waals surface area (Å²) >= 11 is 0. The molecule has 0 N–H and O–H groups in total.